The summed E-state index contributed by atoms with van der Waals surface area (Å²) < 4.78 is 17.2. The number of nitrogens with zero attached hydrogens (tertiary/aromatic N) is 2. The van der Waals surface area contributed by atoms with Gasteiger partial charge in [0.15, 0.2) is 5.69 Å². The second-order valence-electron chi connectivity index (χ2n) is 7.42. The molecule has 146 valence electrons. The summed E-state index contributed by atoms with van der Waals surface area (Å²) in [6.45, 7) is 3.32. The Labute approximate surface area is 159 Å². The molecule has 2 aliphatic heterocycles. The minimum absolute atomic E-state index is 0.00833. The van der Waals surface area contributed by atoms with E-state index in [-0.39, 0.29) is 17.6 Å². The zero-order valence-electron chi connectivity index (χ0n) is 15.8. The quantitative estimate of drug-likeness (QED) is 0.815. The minimum Gasteiger partial charge on any atom is -0.382 e. The molecule has 1 spiro atoms. The minimum atomic E-state index is -0.166. The number of nitrogens with one attached hydrogen (secondary N) is 1. The van der Waals surface area contributed by atoms with Crippen LogP contribution in [0.3, 0.4) is 0 Å². The van der Waals surface area contributed by atoms with E-state index in [1.165, 1.54) is 0 Å². The Kier molecular flexibility index (Phi) is 5.43. The molecule has 0 radical (unpaired) electrons. The largest absolute Gasteiger partial charge is 0.382 e. The summed E-state index contributed by atoms with van der Waals surface area (Å²) in [5.74, 6) is -0.00833. The van der Waals surface area contributed by atoms with Crippen LogP contribution < -0.4 is 0 Å². The summed E-state index contributed by atoms with van der Waals surface area (Å²) >= 11 is 0. The fourth-order valence-electron chi connectivity index (χ4n) is 4.17. The Morgan fingerprint density at radius 2 is 2.15 bits per heavy atom. The highest BCUT2D eigenvalue weighted by Crippen LogP contribution is 2.36. The molecule has 1 atom stereocenters. The number of piperidine rings is 1. The van der Waals surface area contributed by atoms with E-state index in [2.05, 4.69) is 10.2 Å². The number of aromatic amines is 1. The molecular weight excluding hydrogens is 346 g/mol. The number of aromatic nitrogens is 2. The van der Waals surface area contributed by atoms with Gasteiger partial charge in [-0.2, -0.15) is 5.10 Å². The number of amides is 1. The molecule has 4 rings (SSSR count). The number of para-hydroxylation sites is 1. The molecule has 2 aliphatic rings. The summed E-state index contributed by atoms with van der Waals surface area (Å²) in [5, 5.41) is 8.07. The number of methoxy groups -OCH3 is 1. The third-order valence-corrected chi connectivity index (χ3v) is 5.72. The SMILES string of the molecule is COCCOC1CCOC2(CCN(C(=O)c3n[nH]c4ccccc34)CC2)C1. The van der Waals surface area contributed by atoms with Gasteiger partial charge in [0.05, 0.1) is 30.4 Å². The zero-order chi connectivity index (χ0) is 18.7. The van der Waals surface area contributed by atoms with Gasteiger partial charge in [-0.25, -0.2) is 0 Å². The molecule has 2 fully saturated rings. The van der Waals surface area contributed by atoms with E-state index in [0.717, 1.165) is 43.2 Å². The molecule has 0 bridgehead atoms. The van der Waals surface area contributed by atoms with Crippen molar-refractivity contribution < 1.29 is 19.0 Å². The summed E-state index contributed by atoms with van der Waals surface area (Å²) in [6, 6.07) is 7.73. The van der Waals surface area contributed by atoms with E-state index in [0.29, 0.717) is 32.0 Å². The molecule has 2 saturated heterocycles. The molecule has 7 nitrogen and oxygen atoms in total. The van der Waals surface area contributed by atoms with Crippen molar-refractivity contribution in [3.63, 3.8) is 0 Å². The first-order valence-corrected chi connectivity index (χ1v) is 9.68. The average Bonchev–Trinajstić information content (AvgIpc) is 3.13. The maximum atomic E-state index is 12.9. The van der Waals surface area contributed by atoms with Crippen LogP contribution in [0.5, 0.6) is 0 Å². The highest BCUT2D eigenvalue weighted by atomic mass is 16.5. The second-order valence-corrected chi connectivity index (χ2v) is 7.42. The topological polar surface area (TPSA) is 76.7 Å². The Morgan fingerprint density at radius 3 is 2.96 bits per heavy atom. The first kappa shape index (κ1) is 18.4. The summed E-state index contributed by atoms with van der Waals surface area (Å²) in [4.78, 5) is 14.8. The van der Waals surface area contributed by atoms with Gasteiger partial charge >= 0.3 is 0 Å². The van der Waals surface area contributed by atoms with Crippen LogP contribution in [0.1, 0.15) is 36.2 Å². The number of likely N-dealkylation sites (tertiary alicyclic amines) is 1. The van der Waals surface area contributed by atoms with Crippen molar-refractivity contribution in [3.8, 4) is 0 Å². The van der Waals surface area contributed by atoms with Crippen molar-refractivity contribution in [2.45, 2.75) is 37.4 Å². The number of carbonyl (C=O) groups excluding carboxylic acids is 1. The lowest BCUT2D eigenvalue weighted by molar-refractivity contribution is -0.154. The number of ether oxygens (including phenoxy) is 3. The van der Waals surface area contributed by atoms with Crippen LogP contribution in [0.25, 0.3) is 10.9 Å². The molecular formula is C20H27N3O4. The van der Waals surface area contributed by atoms with Crippen molar-refractivity contribution in [2.24, 2.45) is 0 Å². The number of fused-ring (bicyclic) bond motifs is 1. The molecule has 1 unspecified atom stereocenters. The highest BCUT2D eigenvalue weighted by Gasteiger charge is 2.42. The number of hydrogen-bond donors (Lipinski definition) is 1. The number of hydrogen-bond acceptors (Lipinski definition) is 5. The molecule has 1 aromatic heterocycles. The smallest absolute Gasteiger partial charge is 0.274 e. The van der Waals surface area contributed by atoms with Crippen molar-refractivity contribution in [3.05, 3.63) is 30.0 Å². The number of carbonyl (C=O) groups is 1. The first-order chi connectivity index (χ1) is 13.2. The molecule has 2 aromatic rings. The Balaban J connectivity index is 1.37. The van der Waals surface area contributed by atoms with E-state index >= 15 is 0 Å². The standard InChI is InChI=1S/C20H27N3O4/c1-25-12-13-26-15-6-11-27-20(14-15)7-9-23(10-8-20)19(24)18-16-4-2-3-5-17(16)21-22-18/h2-5,15H,6-14H2,1H3,(H,21,22). The van der Waals surface area contributed by atoms with Gasteiger partial charge in [0, 0.05) is 38.6 Å². The van der Waals surface area contributed by atoms with Crippen LogP contribution in [0.2, 0.25) is 0 Å². The van der Waals surface area contributed by atoms with Gasteiger partial charge in [-0.1, -0.05) is 18.2 Å². The predicted molar refractivity (Wildman–Crippen MR) is 101 cm³/mol. The molecule has 1 aromatic carbocycles. The van der Waals surface area contributed by atoms with E-state index in [4.69, 9.17) is 14.2 Å². The van der Waals surface area contributed by atoms with Gasteiger partial charge in [-0.05, 0) is 25.3 Å². The maximum absolute atomic E-state index is 12.9. The fraction of sp³-hybridized carbons (Fsp3) is 0.600. The normalized spacial score (nSPS) is 22.4. The monoisotopic (exact) mass is 373 g/mol. The van der Waals surface area contributed by atoms with Crippen molar-refractivity contribution in [1.29, 1.82) is 0 Å². The third-order valence-electron chi connectivity index (χ3n) is 5.72. The lowest BCUT2D eigenvalue weighted by Crippen LogP contribution is -2.52. The molecule has 27 heavy (non-hydrogen) atoms. The zero-order valence-corrected chi connectivity index (χ0v) is 15.8. The van der Waals surface area contributed by atoms with Gasteiger partial charge in [0.25, 0.3) is 5.91 Å². The van der Waals surface area contributed by atoms with Crippen molar-refractivity contribution in [2.75, 3.05) is 40.0 Å². The van der Waals surface area contributed by atoms with Crippen LogP contribution in [0.15, 0.2) is 24.3 Å². The van der Waals surface area contributed by atoms with Gasteiger partial charge < -0.3 is 19.1 Å². The van der Waals surface area contributed by atoms with E-state index in [9.17, 15) is 4.79 Å². The first-order valence-electron chi connectivity index (χ1n) is 9.68. The lowest BCUT2D eigenvalue weighted by atomic mass is 9.83. The maximum Gasteiger partial charge on any atom is 0.274 e. The number of rotatable bonds is 5. The Hall–Kier alpha value is -1.96. The van der Waals surface area contributed by atoms with Crippen LogP contribution in [0.4, 0.5) is 0 Å². The molecule has 1 amide bonds. The molecule has 0 aliphatic carbocycles. The van der Waals surface area contributed by atoms with E-state index in [1.807, 2.05) is 29.2 Å². The van der Waals surface area contributed by atoms with Crippen LogP contribution in [-0.2, 0) is 14.2 Å². The fourth-order valence-corrected chi connectivity index (χ4v) is 4.17. The van der Waals surface area contributed by atoms with E-state index in [1.54, 1.807) is 7.11 Å². The van der Waals surface area contributed by atoms with Crippen LogP contribution >= 0.6 is 0 Å². The second kappa shape index (κ2) is 7.96. The van der Waals surface area contributed by atoms with Gasteiger partial charge in [-0.3, -0.25) is 9.89 Å². The average molecular weight is 373 g/mol. The number of benzene rings is 1. The van der Waals surface area contributed by atoms with Gasteiger partial charge in [0.1, 0.15) is 0 Å². The predicted octanol–water partition coefficient (Wildman–Crippen LogP) is 2.38. The Morgan fingerprint density at radius 1 is 1.33 bits per heavy atom. The van der Waals surface area contributed by atoms with Crippen molar-refractivity contribution in [1.82, 2.24) is 15.1 Å². The Bertz CT molecular complexity index is 782. The molecule has 7 heteroatoms. The lowest BCUT2D eigenvalue weighted by Gasteiger charge is -2.46. The van der Waals surface area contributed by atoms with E-state index < -0.39 is 0 Å². The summed E-state index contributed by atoms with van der Waals surface area (Å²) in [5.41, 5.74) is 1.23. The molecule has 3 heterocycles. The van der Waals surface area contributed by atoms with Crippen molar-refractivity contribution >= 4 is 16.8 Å². The summed E-state index contributed by atoms with van der Waals surface area (Å²) in [7, 11) is 1.68. The molecule has 0 saturated carbocycles. The number of H-pyrrole nitrogens is 1. The van der Waals surface area contributed by atoms with Gasteiger partial charge in [0.2, 0.25) is 0 Å². The highest BCUT2D eigenvalue weighted by molar-refractivity contribution is 6.04. The third kappa shape index (κ3) is 3.85. The molecule has 1 N–H and O–H groups in total. The summed E-state index contributed by atoms with van der Waals surface area (Å²) in [6.07, 6.45) is 3.71. The van der Waals surface area contributed by atoms with Gasteiger partial charge in [-0.15, -0.1) is 0 Å². The van der Waals surface area contributed by atoms with Crippen LogP contribution in [-0.4, -0.2) is 72.7 Å². The van der Waals surface area contributed by atoms with Crippen LogP contribution in [0, 0.1) is 0 Å².